The van der Waals surface area contributed by atoms with Crippen molar-refractivity contribution in [3.63, 3.8) is 0 Å². The minimum Gasteiger partial charge on any atom is -0.356 e. The standard InChI is InChI=1S/C14H23NO/c1-5-8-13(11-12(4)6-2)9-10-14(16)15-7-3/h5,8,11H,1,6-7,9-10H2,2-4H3,(H,15,16)/b12-11+,13-8-. The van der Waals surface area contributed by atoms with Crippen molar-refractivity contribution < 1.29 is 4.79 Å². The van der Waals surface area contributed by atoms with Gasteiger partial charge in [-0.25, -0.2) is 0 Å². The van der Waals surface area contributed by atoms with Crippen LogP contribution in [-0.2, 0) is 4.79 Å². The fourth-order valence-electron chi connectivity index (χ4n) is 1.32. The number of allylic oxidation sites excluding steroid dienone is 5. The fraction of sp³-hybridized carbons (Fsp3) is 0.500. The summed E-state index contributed by atoms with van der Waals surface area (Å²) < 4.78 is 0. The third-order valence-electron chi connectivity index (χ3n) is 2.34. The molecule has 0 aromatic rings. The zero-order valence-corrected chi connectivity index (χ0v) is 10.7. The summed E-state index contributed by atoms with van der Waals surface area (Å²) in [4.78, 5) is 11.3. The van der Waals surface area contributed by atoms with Gasteiger partial charge in [0.25, 0.3) is 0 Å². The van der Waals surface area contributed by atoms with Crippen LogP contribution in [0.4, 0.5) is 0 Å². The number of carbonyl (C=O) groups is 1. The molecule has 0 aliphatic heterocycles. The monoisotopic (exact) mass is 221 g/mol. The molecule has 2 nitrogen and oxygen atoms in total. The van der Waals surface area contributed by atoms with Gasteiger partial charge in [-0.2, -0.15) is 0 Å². The second kappa shape index (κ2) is 8.96. The third kappa shape index (κ3) is 7.04. The number of hydrogen-bond acceptors (Lipinski definition) is 1. The molecule has 0 aliphatic carbocycles. The molecule has 0 atom stereocenters. The van der Waals surface area contributed by atoms with E-state index >= 15 is 0 Å². The van der Waals surface area contributed by atoms with E-state index in [0.29, 0.717) is 13.0 Å². The number of rotatable bonds is 7. The van der Waals surface area contributed by atoms with Gasteiger partial charge in [-0.15, -0.1) is 0 Å². The zero-order valence-electron chi connectivity index (χ0n) is 10.7. The Morgan fingerprint density at radius 2 is 2.00 bits per heavy atom. The maximum atomic E-state index is 11.3. The van der Waals surface area contributed by atoms with Crippen molar-refractivity contribution in [2.45, 2.75) is 40.0 Å². The fourth-order valence-corrected chi connectivity index (χ4v) is 1.32. The Balaban J connectivity index is 4.31. The first kappa shape index (κ1) is 14.7. The molecule has 0 saturated carbocycles. The van der Waals surface area contributed by atoms with Crippen LogP contribution < -0.4 is 5.32 Å². The molecule has 1 amide bonds. The predicted molar refractivity (Wildman–Crippen MR) is 70.2 cm³/mol. The molecule has 0 heterocycles. The van der Waals surface area contributed by atoms with Crippen molar-refractivity contribution in [3.8, 4) is 0 Å². The topological polar surface area (TPSA) is 29.1 Å². The minimum atomic E-state index is 0.111. The first-order chi connectivity index (χ1) is 7.63. The number of amides is 1. The summed E-state index contributed by atoms with van der Waals surface area (Å²) in [5, 5.41) is 2.80. The zero-order chi connectivity index (χ0) is 12.4. The van der Waals surface area contributed by atoms with Gasteiger partial charge in [-0.1, -0.05) is 37.3 Å². The summed E-state index contributed by atoms with van der Waals surface area (Å²) in [6.07, 6.45) is 8.23. The van der Waals surface area contributed by atoms with E-state index in [1.807, 2.05) is 13.0 Å². The first-order valence-corrected chi connectivity index (χ1v) is 5.89. The van der Waals surface area contributed by atoms with Gasteiger partial charge in [0.15, 0.2) is 0 Å². The smallest absolute Gasteiger partial charge is 0.220 e. The molecule has 0 bridgehead atoms. The van der Waals surface area contributed by atoms with E-state index in [4.69, 9.17) is 0 Å². The van der Waals surface area contributed by atoms with E-state index in [9.17, 15) is 4.79 Å². The summed E-state index contributed by atoms with van der Waals surface area (Å²) in [6, 6.07) is 0. The summed E-state index contributed by atoms with van der Waals surface area (Å²) in [5.41, 5.74) is 2.49. The van der Waals surface area contributed by atoms with Gasteiger partial charge in [0, 0.05) is 13.0 Å². The van der Waals surface area contributed by atoms with E-state index < -0.39 is 0 Å². The number of hydrogen-bond donors (Lipinski definition) is 1. The van der Waals surface area contributed by atoms with Crippen LogP contribution in [0.15, 0.2) is 36.0 Å². The average molecular weight is 221 g/mol. The van der Waals surface area contributed by atoms with E-state index in [0.717, 1.165) is 12.8 Å². The molecule has 0 saturated heterocycles. The van der Waals surface area contributed by atoms with Crippen LogP contribution in [0.5, 0.6) is 0 Å². The predicted octanol–water partition coefficient (Wildman–Crippen LogP) is 3.37. The second-order valence-corrected chi connectivity index (χ2v) is 3.78. The number of nitrogens with one attached hydrogen (secondary N) is 1. The average Bonchev–Trinajstić information content (AvgIpc) is 2.26. The minimum absolute atomic E-state index is 0.111. The molecule has 0 aromatic carbocycles. The molecule has 0 unspecified atom stereocenters. The van der Waals surface area contributed by atoms with Gasteiger partial charge in [-0.05, 0) is 32.3 Å². The van der Waals surface area contributed by atoms with E-state index in [1.54, 1.807) is 6.08 Å². The van der Waals surface area contributed by atoms with Gasteiger partial charge in [-0.3, -0.25) is 4.79 Å². The van der Waals surface area contributed by atoms with Crippen molar-refractivity contribution in [2.24, 2.45) is 0 Å². The van der Waals surface area contributed by atoms with E-state index in [1.165, 1.54) is 11.1 Å². The largest absolute Gasteiger partial charge is 0.356 e. The third-order valence-corrected chi connectivity index (χ3v) is 2.34. The lowest BCUT2D eigenvalue weighted by Gasteiger charge is -2.04. The molecule has 1 N–H and O–H groups in total. The Morgan fingerprint density at radius 1 is 1.31 bits per heavy atom. The quantitative estimate of drug-likeness (QED) is 0.656. The van der Waals surface area contributed by atoms with Crippen LogP contribution in [0, 0.1) is 0 Å². The highest BCUT2D eigenvalue weighted by Gasteiger charge is 2.01. The molecule has 0 radical (unpaired) electrons. The second-order valence-electron chi connectivity index (χ2n) is 3.78. The van der Waals surface area contributed by atoms with Crippen molar-refractivity contribution in [3.05, 3.63) is 36.0 Å². The number of carbonyl (C=O) groups excluding carboxylic acids is 1. The molecular weight excluding hydrogens is 198 g/mol. The van der Waals surface area contributed by atoms with Crippen LogP contribution >= 0.6 is 0 Å². The molecule has 90 valence electrons. The van der Waals surface area contributed by atoms with Gasteiger partial charge >= 0.3 is 0 Å². The van der Waals surface area contributed by atoms with Crippen LogP contribution in [0.1, 0.15) is 40.0 Å². The van der Waals surface area contributed by atoms with Crippen LogP contribution in [-0.4, -0.2) is 12.5 Å². The van der Waals surface area contributed by atoms with Crippen LogP contribution in [0.3, 0.4) is 0 Å². The van der Waals surface area contributed by atoms with E-state index in [-0.39, 0.29) is 5.91 Å². The van der Waals surface area contributed by atoms with Crippen molar-refractivity contribution in [1.82, 2.24) is 5.32 Å². The lowest BCUT2D eigenvalue weighted by molar-refractivity contribution is -0.120. The SMILES string of the molecule is C=C/C=C(\C=C(/C)CC)CCC(=O)NCC. The summed E-state index contributed by atoms with van der Waals surface area (Å²) >= 11 is 0. The Hall–Kier alpha value is -1.31. The van der Waals surface area contributed by atoms with Crippen LogP contribution in [0.25, 0.3) is 0 Å². The highest BCUT2D eigenvalue weighted by atomic mass is 16.1. The molecule has 0 aliphatic rings. The highest BCUT2D eigenvalue weighted by Crippen LogP contribution is 2.11. The Bertz CT molecular complexity index is 287. The van der Waals surface area contributed by atoms with Gasteiger partial charge in [0.05, 0.1) is 0 Å². The lowest BCUT2D eigenvalue weighted by atomic mass is 10.1. The molecule has 0 aromatic heterocycles. The molecule has 0 spiro atoms. The molecule has 2 heteroatoms. The van der Waals surface area contributed by atoms with Crippen molar-refractivity contribution in [2.75, 3.05) is 6.54 Å². The molecule has 0 fully saturated rings. The van der Waals surface area contributed by atoms with Gasteiger partial charge < -0.3 is 5.32 Å². The lowest BCUT2D eigenvalue weighted by Crippen LogP contribution is -2.22. The normalized spacial score (nSPS) is 12.4. The maximum absolute atomic E-state index is 11.3. The van der Waals surface area contributed by atoms with Gasteiger partial charge in [0.1, 0.15) is 0 Å². The van der Waals surface area contributed by atoms with Crippen molar-refractivity contribution in [1.29, 1.82) is 0 Å². The van der Waals surface area contributed by atoms with Gasteiger partial charge in [0.2, 0.25) is 5.91 Å². The highest BCUT2D eigenvalue weighted by molar-refractivity contribution is 5.76. The van der Waals surface area contributed by atoms with Crippen LogP contribution in [0.2, 0.25) is 0 Å². The Labute approximate surface area is 99.1 Å². The molecule has 16 heavy (non-hydrogen) atoms. The maximum Gasteiger partial charge on any atom is 0.220 e. The Kier molecular flexibility index (Phi) is 8.22. The van der Waals surface area contributed by atoms with Crippen molar-refractivity contribution >= 4 is 5.91 Å². The summed E-state index contributed by atoms with van der Waals surface area (Å²) in [6.45, 7) is 10.5. The summed E-state index contributed by atoms with van der Waals surface area (Å²) in [5.74, 6) is 0.111. The first-order valence-electron chi connectivity index (χ1n) is 5.89. The van der Waals surface area contributed by atoms with E-state index in [2.05, 4.69) is 31.8 Å². The summed E-state index contributed by atoms with van der Waals surface area (Å²) in [7, 11) is 0. The molecular formula is C14H23NO. The molecule has 0 rings (SSSR count). The Morgan fingerprint density at radius 3 is 2.50 bits per heavy atom.